The highest BCUT2D eigenvalue weighted by Crippen LogP contribution is 2.21. The predicted molar refractivity (Wildman–Crippen MR) is 73.4 cm³/mol. The molecule has 100 valence electrons. The Morgan fingerprint density at radius 1 is 1.28 bits per heavy atom. The van der Waals surface area contributed by atoms with Gasteiger partial charge in [0.05, 0.1) is 4.92 Å². The van der Waals surface area contributed by atoms with Crippen LogP contribution >= 0.6 is 15.9 Å². The van der Waals surface area contributed by atoms with E-state index in [1.807, 2.05) is 6.07 Å². The SMILES string of the molecule is O=[N+]([O-])c1cc(Br)cc(CNCCCCCO)c1. The van der Waals surface area contributed by atoms with Crippen molar-refractivity contribution in [1.82, 2.24) is 5.32 Å². The molecule has 2 N–H and O–H groups in total. The summed E-state index contributed by atoms with van der Waals surface area (Å²) in [4.78, 5) is 10.3. The number of hydrogen-bond donors (Lipinski definition) is 2. The lowest BCUT2D eigenvalue weighted by molar-refractivity contribution is -0.385. The van der Waals surface area contributed by atoms with Crippen LogP contribution in [0.4, 0.5) is 5.69 Å². The van der Waals surface area contributed by atoms with Crippen molar-refractivity contribution >= 4 is 21.6 Å². The van der Waals surface area contributed by atoms with Gasteiger partial charge in [0.15, 0.2) is 0 Å². The van der Waals surface area contributed by atoms with Gasteiger partial charge in [0.2, 0.25) is 0 Å². The van der Waals surface area contributed by atoms with E-state index in [4.69, 9.17) is 5.11 Å². The molecule has 0 heterocycles. The summed E-state index contributed by atoms with van der Waals surface area (Å²) in [5.41, 5.74) is 0.986. The fourth-order valence-corrected chi connectivity index (χ4v) is 2.14. The zero-order chi connectivity index (χ0) is 13.4. The van der Waals surface area contributed by atoms with E-state index in [2.05, 4.69) is 21.2 Å². The second kappa shape index (κ2) is 8.18. The van der Waals surface area contributed by atoms with Gasteiger partial charge in [0.25, 0.3) is 5.69 Å². The van der Waals surface area contributed by atoms with Crippen molar-refractivity contribution < 1.29 is 10.0 Å². The van der Waals surface area contributed by atoms with Gasteiger partial charge in [0, 0.05) is 29.8 Å². The summed E-state index contributed by atoms with van der Waals surface area (Å²) in [6.45, 7) is 1.69. The molecule has 0 aliphatic carbocycles. The van der Waals surface area contributed by atoms with E-state index in [1.54, 1.807) is 6.07 Å². The second-order valence-electron chi connectivity index (χ2n) is 4.04. The molecule has 0 aliphatic rings. The molecule has 5 nitrogen and oxygen atoms in total. The molecule has 0 spiro atoms. The molecule has 1 aromatic rings. The number of nitro groups is 1. The van der Waals surface area contributed by atoms with Crippen molar-refractivity contribution in [1.29, 1.82) is 0 Å². The summed E-state index contributed by atoms with van der Waals surface area (Å²) in [5, 5.41) is 22.5. The van der Waals surface area contributed by atoms with Crippen molar-refractivity contribution in [3.05, 3.63) is 38.3 Å². The van der Waals surface area contributed by atoms with E-state index in [1.165, 1.54) is 6.07 Å². The highest BCUT2D eigenvalue weighted by atomic mass is 79.9. The lowest BCUT2D eigenvalue weighted by atomic mass is 10.2. The Labute approximate surface area is 114 Å². The van der Waals surface area contributed by atoms with Crippen molar-refractivity contribution in [3.63, 3.8) is 0 Å². The molecule has 6 heteroatoms. The molecule has 0 saturated carbocycles. The molecule has 0 aliphatic heterocycles. The number of halogens is 1. The van der Waals surface area contributed by atoms with Gasteiger partial charge in [-0.05, 0) is 37.4 Å². The molecule has 1 rings (SSSR count). The van der Waals surface area contributed by atoms with Gasteiger partial charge in [-0.25, -0.2) is 0 Å². The first-order valence-electron chi connectivity index (χ1n) is 5.89. The van der Waals surface area contributed by atoms with Gasteiger partial charge in [-0.3, -0.25) is 10.1 Å². The summed E-state index contributed by atoms with van der Waals surface area (Å²) in [7, 11) is 0. The predicted octanol–water partition coefficient (Wildman–Crippen LogP) is 2.61. The molecule has 0 fully saturated rings. The van der Waals surface area contributed by atoms with Gasteiger partial charge in [-0.1, -0.05) is 15.9 Å². The largest absolute Gasteiger partial charge is 0.396 e. The number of nitrogens with zero attached hydrogens (tertiary/aromatic N) is 1. The molecule has 18 heavy (non-hydrogen) atoms. The number of nitrogens with one attached hydrogen (secondary N) is 1. The van der Waals surface area contributed by atoms with Crippen molar-refractivity contribution in [3.8, 4) is 0 Å². The second-order valence-corrected chi connectivity index (χ2v) is 4.95. The molecule has 0 radical (unpaired) electrons. The van der Waals surface area contributed by atoms with Crippen molar-refractivity contribution in [2.24, 2.45) is 0 Å². The maximum atomic E-state index is 10.7. The van der Waals surface area contributed by atoms with Crippen LogP contribution in [0.15, 0.2) is 22.7 Å². The average Bonchev–Trinajstić information content (AvgIpc) is 2.33. The van der Waals surface area contributed by atoms with Crippen LogP contribution in [0.3, 0.4) is 0 Å². The first-order chi connectivity index (χ1) is 8.63. The Balaban J connectivity index is 2.40. The number of rotatable bonds is 8. The van der Waals surface area contributed by atoms with Gasteiger partial charge in [-0.15, -0.1) is 0 Å². The highest BCUT2D eigenvalue weighted by molar-refractivity contribution is 9.10. The minimum Gasteiger partial charge on any atom is -0.396 e. The minimum atomic E-state index is -0.393. The van der Waals surface area contributed by atoms with Crippen LogP contribution in [-0.4, -0.2) is 23.2 Å². The van der Waals surface area contributed by atoms with Crippen LogP contribution in [-0.2, 0) is 6.54 Å². The lowest BCUT2D eigenvalue weighted by Gasteiger charge is -2.05. The van der Waals surface area contributed by atoms with E-state index in [9.17, 15) is 10.1 Å². The number of nitro benzene ring substituents is 1. The minimum absolute atomic E-state index is 0.0986. The topological polar surface area (TPSA) is 75.4 Å². The third kappa shape index (κ3) is 5.57. The zero-order valence-corrected chi connectivity index (χ0v) is 11.6. The molecule has 0 saturated heterocycles. The summed E-state index contributed by atoms with van der Waals surface area (Å²) in [5.74, 6) is 0. The molecular weight excluding hydrogens is 300 g/mol. The number of non-ortho nitro benzene ring substituents is 1. The number of unbranched alkanes of at least 4 members (excludes halogenated alkanes) is 2. The summed E-state index contributed by atoms with van der Waals surface area (Å²) < 4.78 is 0.716. The van der Waals surface area contributed by atoms with E-state index in [-0.39, 0.29) is 12.3 Å². The summed E-state index contributed by atoms with van der Waals surface area (Å²) in [6.07, 6.45) is 2.81. The third-order valence-corrected chi connectivity index (χ3v) is 2.95. The third-order valence-electron chi connectivity index (χ3n) is 2.49. The maximum absolute atomic E-state index is 10.7. The first-order valence-corrected chi connectivity index (χ1v) is 6.68. The lowest BCUT2D eigenvalue weighted by Crippen LogP contribution is -2.14. The van der Waals surface area contributed by atoms with Crippen LogP contribution < -0.4 is 5.32 Å². The molecule has 0 atom stereocenters. The smallest absolute Gasteiger partial charge is 0.270 e. The van der Waals surface area contributed by atoms with Gasteiger partial charge in [-0.2, -0.15) is 0 Å². The Hall–Kier alpha value is -0.980. The molecule has 0 unspecified atom stereocenters. The highest BCUT2D eigenvalue weighted by Gasteiger charge is 2.08. The van der Waals surface area contributed by atoms with E-state index < -0.39 is 4.92 Å². The first kappa shape index (κ1) is 15.1. The van der Waals surface area contributed by atoms with Gasteiger partial charge in [0.1, 0.15) is 0 Å². The molecule has 1 aromatic carbocycles. The van der Waals surface area contributed by atoms with Crippen LogP contribution in [0.25, 0.3) is 0 Å². The molecule has 0 bridgehead atoms. The summed E-state index contributed by atoms with van der Waals surface area (Å²) in [6, 6.07) is 4.93. The van der Waals surface area contributed by atoms with Gasteiger partial charge >= 0.3 is 0 Å². The van der Waals surface area contributed by atoms with Crippen LogP contribution in [0, 0.1) is 10.1 Å². The van der Waals surface area contributed by atoms with E-state index >= 15 is 0 Å². The standard InChI is InChI=1S/C12H17BrN2O3/c13-11-6-10(7-12(8-11)15(17)18)9-14-4-2-1-3-5-16/h6-8,14,16H,1-5,9H2. The Bertz CT molecular complexity index is 399. The number of benzene rings is 1. The molecule has 0 aromatic heterocycles. The Kier molecular flexibility index (Phi) is 6.85. The van der Waals surface area contributed by atoms with Crippen molar-refractivity contribution in [2.45, 2.75) is 25.8 Å². The number of aliphatic hydroxyl groups excluding tert-OH is 1. The van der Waals surface area contributed by atoms with Crippen LogP contribution in [0.1, 0.15) is 24.8 Å². The zero-order valence-electron chi connectivity index (χ0n) is 10.1. The molecular formula is C12H17BrN2O3. The Morgan fingerprint density at radius 3 is 2.72 bits per heavy atom. The molecule has 0 amide bonds. The van der Waals surface area contributed by atoms with E-state index in [0.29, 0.717) is 11.0 Å². The number of aliphatic hydroxyl groups is 1. The van der Waals surface area contributed by atoms with Crippen molar-refractivity contribution in [2.75, 3.05) is 13.2 Å². The Morgan fingerprint density at radius 2 is 2.06 bits per heavy atom. The summed E-state index contributed by atoms with van der Waals surface area (Å²) >= 11 is 3.26. The van der Waals surface area contributed by atoms with E-state index in [0.717, 1.165) is 31.4 Å². The number of hydrogen-bond acceptors (Lipinski definition) is 4. The fraction of sp³-hybridized carbons (Fsp3) is 0.500. The van der Waals surface area contributed by atoms with Gasteiger partial charge < -0.3 is 10.4 Å². The maximum Gasteiger partial charge on any atom is 0.270 e. The van der Waals surface area contributed by atoms with Crippen LogP contribution in [0.2, 0.25) is 0 Å². The monoisotopic (exact) mass is 316 g/mol. The fourth-order valence-electron chi connectivity index (χ4n) is 1.61. The quantitative estimate of drug-likeness (QED) is 0.439. The average molecular weight is 317 g/mol. The van der Waals surface area contributed by atoms with Crippen LogP contribution in [0.5, 0.6) is 0 Å². The normalized spacial score (nSPS) is 10.6.